The van der Waals surface area contributed by atoms with Gasteiger partial charge in [0.2, 0.25) is 0 Å². The highest BCUT2D eigenvalue weighted by atomic mass is 14.9. The normalized spacial score (nSPS) is 11.6. The third-order valence-corrected chi connectivity index (χ3v) is 9.99. The Morgan fingerprint density at radius 1 is 0.352 bits per heavy atom. The van der Waals surface area contributed by atoms with Crippen molar-refractivity contribution in [3.05, 3.63) is 182 Å². The first-order chi connectivity index (χ1) is 26.4. The maximum Gasteiger partial charge on any atom is 0.160 e. The number of benzene rings is 6. The molecule has 9 rings (SSSR count). The molecule has 54 heavy (non-hydrogen) atoms. The molecule has 3 heterocycles. The van der Waals surface area contributed by atoms with E-state index in [9.17, 15) is 0 Å². The molecule has 0 amide bonds. The lowest BCUT2D eigenvalue weighted by Gasteiger charge is -2.19. The van der Waals surface area contributed by atoms with Crippen LogP contribution in [0.25, 0.3) is 89.2 Å². The van der Waals surface area contributed by atoms with E-state index in [1.165, 1.54) is 0 Å². The first-order valence-electron chi connectivity index (χ1n) is 18.4. The summed E-state index contributed by atoms with van der Waals surface area (Å²) in [5.74, 6) is 0.706. The van der Waals surface area contributed by atoms with Crippen LogP contribution in [0.2, 0.25) is 0 Å². The van der Waals surface area contributed by atoms with Crippen molar-refractivity contribution in [2.45, 2.75) is 26.2 Å². The van der Waals surface area contributed by atoms with Crippen molar-refractivity contribution in [2.24, 2.45) is 0 Å². The summed E-state index contributed by atoms with van der Waals surface area (Å²) in [5, 5.41) is 2.19. The van der Waals surface area contributed by atoms with Crippen molar-refractivity contribution < 1.29 is 0 Å². The molecule has 0 spiro atoms. The lowest BCUT2D eigenvalue weighted by molar-refractivity contribution is 0.571. The molecule has 0 aliphatic heterocycles. The van der Waals surface area contributed by atoms with Crippen LogP contribution < -0.4 is 0 Å². The number of fused-ring (bicyclic) bond motifs is 3. The van der Waals surface area contributed by atoms with Gasteiger partial charge in [-0.05, 0) is 46.5 Å². The molecule has 0 bridgehead atoms. The Hall–Kier alpha value is -6.78. The second-order valence-electron chi connectivity index (χ2n) is 14.8. The molecule has 0 saturated carbocycles. The van der Waals surface area contributed by atoms with Gasteiger partial charge in [-0.1, -0.05) is 172 Å². The van der Waals surface area contributed by atoms with Crippen LogP contribution >= 0.6 is 0 Å². The summed E-state index contributed by atoms with van der Waals surface area (Å²) in [4.78, 5) is 20.6. The Balaban J connectivity index is 1.12. The molecule has 0 fully saturated rings. The summed E-state index contributed by atoms with van der Waals surface area (Å²) in [5.41, 5.74) is 14.2. The fourth-order valence-electron chi connectivity index (χ4n) is 7.05. The third kappa shape index (κ3) is 6.44. The van der Waals surface area contributed by atoms with Crippen LogP contribution in [-0.4, -0.2) is 19.9 Å². The maximum atomic E-state index is 5.33. The van der Waals surface area contributed by atoms with Crippen LogP contribution in [0.5, 0.6) is 0 Å². The van der Waals surface area contributed by atoms with Gasteiger partial charge in [0.1, 0.15) is 0 Å². The summed E-state index contributed by atoms with van der Waals surface area (Å²) in [6, 6.07) is 61.3. The Morgan fingerprint density at radius 2 is 0.889 bits per heavy atom. The number of rotatable bonds is 6. The second-order valence-corrected chi connectivity index (χ2v) is 14.8. The van der Waals surface area contributed by atoms with Crippen molar-refractivity contribution in [1.29, 1.82) is 0 Å². The molecule has 3 aromatic heterocycles. The van der Waals surface area contributed by atoms with Crippen molar-refractivity contribution in [1.82, 2.24) is 19.9 Å². The molecule has 0 atom stereocenters. The minimum Gasteiger partial charge on any atom is -0.250 e. The average molecular weight is 695 g/mol. The third-order valence-electron chi connectivity index (χ3n) is 9.99. The van der Waals surface area contributed by atoms with E-state index in [-0.39, 0.29) is 5.41 Å². The van der Waals surface area contributed by atoms with E-state index in [4.69, 9.17) is 19.9 Å². The topological polar surface area (TPSA) is 51.6 Å². The van der Waals surface area contributed by atoms with E-state index < -0.39 is 0 Å². The zero-order valence-electron chi connectivity index (χ0n) is 30.5. The van der Waals surface area contributed by atoms with E-state index in [2.05, 4.69) is 160 Å². The monoisotopic (exact) mass is 694 g/mol. The van der Waals surface area contributed by atoms with Crippen LogP contribution in [0.3, 0.4) is 0 Å². The fourth-order valence-corrected chi connectivity index (χ4v) is 7.05. The number of pyridine rings is 2. The van der Waals surface area contributed by atoms with E-state index in [1.54, 1.807) is 0 Å². The molecule has 0 aliphatic carbocycles. The predicted octanol–water partition coefficient (Wildman–Crippen LogP) is 12.9. The van der Waals surface area contributed by atoms with Crippen molar-refractivity contribution in [3.8, 4) is 67.4 Å². The van der Waals surface area contributed by atoms with Crippen LogP contribution in [0.1, 0.15) is 26.5 Å². The van der Waals surface area contributed by atoms with Crippen LogP contribution in [0.15, 0.2) is 176 Å². The standard InChI is InChI=1S/C50H38N4/c1-50(2,3)46-29-27-37-26-28-41-42(34-14-7-4-8-15-34)31-43(51-48(41)47(37)54-46)36-24-22-33(23-25-36)39-20-13-21-40(30-39)45-32-44(35-16-9-5-10-17-35)52-49(53-45)38-18-11-6-12-19-38/h4-32H,1-3H3. The Bertz CT molecular complexity index is 2710. The molecule has 0 N–H and O–H groups in total. The SMILES string of the molecule is CC(C)(C)c1ccc2ccc3c(-c4ccccc4)cc(-c4ccc(-c5cccc(-c6cc(-c7ccccc7)nc(-c7ccccc7)n6)c5)cc4)nc3c2n1. The summed E-state index contributed by atoms with van der Waals surface area (Å²) in [7, 11) is 0. The van der Waals surface area contributed by atoms with Gasteiger partial charge in [0.25, 0.3) is 0 Å². The van der Waals surface area contributed by atoms with Gasteiger partial charge in [-0.15, -0.1) is 0 Å². The van der Waals surface area contributed by atoms with Crippen LogP contribution in [0, 0.1) is 0 Å². The Morgan fingerprint density at radius 3 is 1.57 bits per heavy atom. The summed E-state index contributed by atoms with van der Waals surface area (Å²) >= 11 is 0. The lowest BCUT2D eigenvalue weighted by Crippen LogP contribution is -2.13. The molecule has 0 unspecified atom stereocenters. The summed E-state index contributed by atoms with van der Waals surface area (Å²) < 4.78 is 0. The van der Waals surface area contributed by atoms with E-state index in [0.29, 0.717) is 5.82 Å². The highest BCUT2D eigenvalue weighted by Crippen LogP contribution is 2.37. The van der Waals surface area contributed by atoms with Gasteiger partial charge in [0.05, 0.1) is 28.1 Å². The number of hydrogen-bond donors (Lipinski definition) is 0. The minimum atomic E-state index is -0.0782. The zero-order chi connectivity index (χ0) is 36.6. The number of hydrogen-bond acceptors (Lipinski definition) is 4. The molecule has 4 heteroatoms. The van der Waals surface area contributed by atoms with Gasteiger partial charge < -0.3 is 0 Å². The van der Waals surface area contributed by atoms with E-state index >= 15 is 0 Å². The predicted molar refractivity (Wildman–Crippen MR) is 224 cm³/mol. The van der Waals surface area contributed by atoms with Gasteiger partial charge in [-0.2, -0.15) is 0 Å². The Kier molecular flexibility index (Phi) is 8.36. The first-order valence-corrected chi connectivity index (χ1v) is 18.4. The second kappa shape index (κ2) is 13.6. The van der Waals surface area contributed by atoms with E-state index in [1.807, 2.05) is 36.4 Å². The molecular formula is C50H38N4. The van der Waals surface area contributed by atoms with Crippen molar-refractivity contribution in [2.75, 3.05) is 0 Å². The molecule has 6 aromatic carbocycles. The van der Waals surface area contributed by atoms with Gasteiger partial charge in [0.15, 0.2) is 5.82 Å². The minimum absolute atomic E-state index is 0.0782. The number of aromatic nitrogens is 4. The van der Waals surface area contributed by atoms with Gasteiger partial charge in [-0.3, -0.25) is 0 Å². The molecule has 0 radical (unpaired) electrons. The molecule has 0 aliphatic rings. The molecular weight excluding hydrogens is 657 g/mol. The largest absolute Gasteiger partial charge is 0.250 e. The highest BCUT2D eigenvalue weighted by Gasteiger charge is 2.19. The van der Waals surface area contributed by atoms with Crippen molar-refractivity contribution in [3.63, 3.8) is 0 Å². The van der Waals surface area contributed by atoms with Gasteiger partial charge >= 0.3 is 0 Å². The average Bonchev–Trinajstić information content (AvgIpc) is 3.23. The summed E-state index contributed by atoms with van der Waals surface area (Å²) in [6.07, 6.45) is 0. The first kappa shape index (κ1) is 33.1. The number of nitrogens with zero attached hydrogens (tertiary/aromatic N) is 4. The van der Waals surface area contributed by atoms with Crippen LogP contribution in [0.4, 0.5) is 0 Å². The Labute approximate surface area is 315 Å². The van der Waals surface area contributed by atoms with Gasteiger partial charge in [0, 0.05) is 44.1 Å². The highest BCUT2D eigenvalue weighted by molar-refractivity contribution is 6.09. The van der Waals surface area contributed by atoms with E-state index in [0.717, 1.165) is 89.1 Å². The fraction of sp³-hybridized carbons (Fsp3) is 0.0800. The smallest absolute Gasteiger partial charge is 0.160 e. The van der Waals surface area contributed by atoms with Crippen LogP contribution in [-0.2, 0) is 5.41 Å². The molecule has 9 aromatic rings. The summed E-state index contributed by atoms with van der Waals surface area (Å²) in [6.45, 7) is 6.61. The quantitative estimate of drug-likeness (QED) is 0.163. The maximum absolute atomic E-state index is 5.33. The zero-order valence-corrected chi connectivity index (χ0v) is 30.5. The molecule has 258 valence electrons. The molecule has 4 nitrogen and oxygen atoms in total. The van der Waals surface area contributed by atoms with Gasteiger partial charge in [-0.25, -0.2) is 19.9 Å². The lowest BCUT2D eigenvalue weighted by atomic mass is 9.91. The molecule has 0 saturated heterocycles. The van der Waals surface area contributed by atoms with Crippen molar-refractivity contribution >= 4 is 21.8 Å².